The van der Waals surface area contributed by atoms with E-state index in [9.17, 15) is 9.59 Å². The summed E-state index contributed by atoms with van der Waals surface area (Å²) in [5.41, 5.74) is 0. The molecule has 0 saturated carbocycles. The summed E-state index contributed by atoms with van der Waals surface area (Å²) >= 11 is 0. The lowest BCUT2D eigenvalue weighted by Gasteiger charge is -2.47. The number of nitrogens with zero attached hydrogens (tertiary/aromatic N) is 3. The van der Waals surface area contributed by atoms with E-state index in [2.05, 4.69) is 4.90 Å². The maximum Gasteiger partial charge on any atom is 0.246 e. The predicted molar refractivity (Wildman–Crippen MR) is 78.7 cm³/mol. The fourth-order valence-electron chi connectivity index (χ4n) is 4.79. The van der Waals surface area contributed by atoms with Crippen molar-refractivity contribution in [3.05, 3.63) is 0 Å². The Morgan fingerprint density at radius 1 is 0.810 bits per heavy atom. The second-order valence-corrected chi connectivity index (χ2v) is 7.08. The Morgan fingerprint density at radius 2 is 1.71 bits per heavy atom. The minimum absolute atomic E-state index is 0.151. The summed E-state index contributed by atoms with van der Waals surface area (Å²) in [6.07, 6.45) is 7.67. The fraction of sp³-hybridized carbons (Fsp3) is 0.875. The summed E-state index contributed by atoms with van der Waals surface area (Å²) in [5.74, 6) is 0.402. The Hall–Kier alpha value is -1.10. The Kier molecular flexibility index (Phi) is 3.40. The summed E-state index contributed by atoms with van der Waals surface area (Å²) in [6.45, 7) is 3.43. The van der Waals surface area contributed by atoms with E-state index in [0.717, 1.165) is 45.2 Å². The molecule has 0 N–H and O–H groups in total. The number of carbonyl (C=O) groups is 2. The van der Waals surface area contributed by atoms with Gasteiger partial charge in [-0.05, 0) is 51.5 Å². The first-order valence-corrected chi connectivity index (χ1v) is 8.58. The summed E-state index contributed by atoms with van der Waals surface area (Å²) in [4.78, 5) is 31.5. The molecule has 21 heavy (non-hydrogen) atoms. The molecule has 0 radical (unpaired) electrons. The molecule has 0 aromatic carbocycles. The van der Waals surface area contributed by atoms with Gasteiger partial charge in [-0.15, -0.1) is 0 Å². The van der Waals surface area contributed by atoms with Crippen LogP contribution in [0.15, 0.2) is 0 Å². The molecule has 3 unspecified atom stereocenters. The molecule has 5 nitrogen and oxygen atoms in total. The van der Waals surface area contributed by atoms with Crippen LogP contribution in [0.25, 0.3) is 0 Å². The second kappa shape index (κ2) is 5.27. The van der Waals surface area contributed by atoms with E-state index in [0.29, 0.717) is 18.6 Å². The Morgan fingerprint density at radius 3 is 2.62 bits per heavy atom. The Bertz CT molecular complexity index is 453. The van der Waals surface area contributed by atoms with Crippen molar-refractivity contribution in [1.82, 2.24) is 14.7 Å². The lowest BCUT2D eigenvalue weighted by atomic mass is 9.92. The maximum absolute atomic E-state index is 12.8. The molecular formula is C16H25N3O2. The van der Waals surface area contributed by atoms with E-state index in [1.807, 2.05) is 9.80 Å². The third-order valence-corrected chi connectivity index (χ3v) is 5.93. The van der Waals surface area contributed by atoms with Gasteiger partial charge in [-0.2, -0.15) is 0 Å². The molecule has 0 aromatic heterocycles. The number of carbonyl (C=O) groups excluding carboxylic acids is 2. The van der Waals surface area contributed by atoms with Gasteiger partial charge in [0.25, 0.3) is 0 Å². The number of amides is 2. The standard InChI is InChI=1S/C16H25N3O2/c20-15-11-19(16(21)14-5-1-2-8-18(14)15)13-6-9-17-7-3-4-12(17)10-13/h12-14H,1-11H2. The highest BCUT2D eigenvalue weighted by Crippen LogP contribution is 2.32. The quantitative estimate of drug-likeness (QED) is 0.719. The van der Waals surface area contributed by atoms with Crippen LogP contribution in [0.2, 0.25) is 0 Å². The van der Waals surface area contributed by atoms with Crippen LogP contribution in [-0.2, 0) is 9.59 Å². The number of piperidine rings is 2. The average molecular weight is 291 g/mol. The normalized spacial score (nSPS) is 37.6. The first-order chi connectivity index (χ1) is 10.2. The molecule has 0 spiro atoms. The van der Waals surface area contributed by atoms with Crippen LogP contribution < -0.4 is 0 Å². The molecule has 0 bridgehead atoms. The highest BCUT2D eigenvalue weighted by Gasteiger charge is 2.44. The molecule has 0 aromatic rings. The van der Waals surface area contributed by atoms with Crippen molar-refractivity contribution in [2.75, 3.05) is 26.2 Å². The van der Waals surface area contributed by atoms with Crippen molar-refractivity contribution in [3.63, 3.8) is 0 Å². The van der Waals surface area contributed by atoms with E-state index >= 15 is 0 Å². The SMILES string of the molecule is O=C1C2CCCCN2C(=O)CN1C1CCN2CCCC2C1. The maximum atomic E-state index is 12.8. The zero-order chi connectivity index (χ0) is 14.4. The lowest BCUT2D eigenvalue weighted by molar-refractivity contribution is -0.161. The van der Waals surface area contributed by atoms with Crippen LogP contribution in [0.3, 0.4) is 0 Å². The van der Waals surface area contributed by atoms with Crippen LogP contribution in [0.4, 0.5) is 0 Å². The van der Waals surface area contributed by atoms with Gasteiger partial charge in [0.2, 0.25) is 11.8 Å². The molecule has 4 rings (SSSR count). The molecule has 4 aliphatic rings. The topological polar surface area (TPSA) is 43.9 Å². The van der Waals surface area contributed by atoms with Crippen molar-refractivity contribution in [2.45, 2.75) is 63.1 Å². The minimum Gasteiger partial charge on any atom is -0.329 e. The molecule has 3 atom stereocenters. The number of hydrogen-bond acceptors (Lipinski definition) is 3. The Balaban J connectivity index is 1.49. The van der Waals surface area contributed by atoms with Crippen LogP contribution in [-0.4, -0.2) is 70.8 Å². The van der Waals surface area contributed by atoms with E-state index in [4.69, 9.17) is 0 Å². The number of piperazine rings is 1. The molecule has 4 saturated heterocycles. The van der Waals surface area contributed by atoms with Gasteiger partial charge in [0, 0.05) is 25.2 Å². The first kappa shape index (κ1) is 13.6. The largest absolute Gasteiger partial charge is 0.329 e. The van der Waals surface area contributed by atoms with Gasteiger partial charge in [-0.3, -0.25) is 9.59 Å². The third kappa shape index (κ3) is 2.26. The summed E-state index contributed by atoms with van der Waals surface area (Å²) < 4.78 is 0. The number of fused-ring (bicyclic) bond motifs is 2. The van der Waals surface area contributed by atoms with Crippen LogP contribution in [0.5, 0.6) is 0 Å². The molecule has 116 valence electrons. The van der Waals surface area contributed by atoms with Crippen molar-refractivity contribution < 1.29 is 9.59 Å². The minimum atomic E-state index is -0.151. The van der Waals surface area contributed by atoms with Gasteiger partial charge in [0.05, 0.1) is 0 Å². The van der Waals surface area contributed by atoms with E-state index < -0.39 is 0 Å². The second-order valence-electron chi connectivity index (χ2n) is 7.08. The van der Waals surface area contributed by atoms with Gasteiger partial charge >= 0.3 is 0 Å². The lowest BCUT2D eigenvalue weighted by Crippen LogP contribution is -2.64. The zero-order valence-electron chi connectivity index (χ0n) is 12.7. The number of hydrogen-bond donors (Lipinski definition) is 0. The molecule has 2 amide bonds. The summed E-state index contributed by atoms with van der Waals surface area (Å²) in [5, 5.41) is 0. The van der Waals surface area contributed by atoms with Gasteiger partial charge in [-0.1, -0.05) is 0 Å². The average Bonchev–Trinajstić information content (AvgIpc) is 2.98. The highest BCUT2D eigenvalue weighted by molar-refractivity contribution is 5.95. The predicted octanol–water partition coefficient (Wildman–Crippen LogP) is 0.837. The van der Waals surface area contributed by atoms with Gasteiger partial charge in [0.15, 0.2) is 0 Å². The molecule has 0 aliphatic carbocycles. The summed E-state index contributed by atoms with van der Waals surface area (Å²) in [6, 6.07) is 0.794. The van der Waals surface area contributed by atoms with Crippen molar-refractivity contribution in [2.24, 2.45) is 0 Å². The van der Waals surface area contributed by atoms with E-state index in [1.54, 1.807) is 0 Å². The van der Waals surface area contributed by atoms with Crippen molar-refractivity contribution in [1.29, 1.82) is 0 Å². The van der Waals surface area contributed by atoms with Crippen LogP contribution >= 0.6 is 0 Å². The van der Waals surface area contributed by atoms with Crippen molar-refractivity contribution in [3.8, 4) is 0 Å². The van der Waals surface area contributed by atoms with Gasteiger partial charge in [-0.25, -0.2) is 0 Å². The highest BCUT2D eigenvalue weighted by atomic mass is 16.2. The number of rotatable bonds is 1. The zero-order valence-corrected chi connectivity index (χ0v) is 12.7. The smallest absolute Gasteiger partial charge is 0.246 e. The molecule has 5 heteroatoms. The van der Waals surface area contributed by atoms with E-state index in [-0.39, 0.29) is 17.9 Å². The Labute approximate surface area is 126 Å². The van der Waals surface area contributed by atoms with Crippen molar-refractivity contribution >= 4 is 11.8 Å². The van der Waals surface area contributed by atoms with Gasteiger partial charge in [0.1, 0.15) is 12.6 Å². The van der Waals surface area contributed by atoms with Gasteiger partial charge < -0.3 is 14.7 Å². The summed E-state index contributed by atoms with van der Waals surface area (Å²) in [7, 11) is 0. The molecule has 4 aliphatic heterocycles. The third-order valence-electron chi connectivity index (χ3n) is 5.93. The molecule has 4 heterocycles. The van der Waals surface area contributed by atoms with Crippen LogP contribution in [0.1, 0.15) is 44.9 Å². The monoisotopic (exact) mass is 291 g/mol. The fourth-order valence-corrected chi connectivity index (χ4v) is 4.79. The molecule has 4 fully saturated rings. The first-order valence-electron chi connectivity index (χ1n) is 8.58. The molecular weight excluding hydrogens is 266 g/mol. The van der Waals surface area contributed by atoms with E-state index in [1.165, 1.54) is 19.4 Å². The van der Waals surface area contributed by atoms with Crippen LogP contribution in [0, 0.1) is 0 Å².